The van der Waals surface area contributed by atoms with Gasteiger partial charge in [-0.3, -0.25) is 14.9 Å². The minimum atomic E-state index is -4.30. The van der Waals surface area contributed by atoms with Crippen LogP contribution in [0.4, 0.5) is 11.4 Å². The van der Waals surface area contributed by atoms with Crippen LogP contribution < -0.4 is 14.2 Å². The number of carbonyl (C=O) groups excluding carboxylic acids is 1. The average Bonchev–Trinajstić information content (AvgIpc) is 3.20. The SMILES string of the molecule is COc1cc(/C=C2\SC(=Nc3ccc(C)cc3)NC2=O)cc(I)c1OS(=O)(=O)c1ccc([N+](=O)[O-])cc1. The van der Waals surface area contributed by atoms with Crippen molar-refractivity contribution < 1.29 is 27.1 Å². The third-order valence-corrected chi connectivity index (χ3v) is 7.94. The minimum Gasteiger partial charge on any atom is -0.493 e. The lowest BCUT2D eigenvalue weighted by molar-refractivity contribution is -0.384. The number of amides is 1. The largest absolute Gasteiger partial charge is 0.493 e. The molecule has 0 radical (unpaired) electrons. The topological polar surface area (TPSA) is 137 Å². The number of halogens is 1. The number of hydrogen-bond donors (Lipinski definition) is 1. The lowest BCUT2D eigenvalue weighted by Crippen LogP contribution is -2.19. The normalized spacial score (nSPS) is 15.6. The molecule has 1 heterocycles. The van der Waals surface area contributed by atoms with Crippen molar-refractivity contribution in [1.82, 2.24) is 5.32 Å². The van der Waals surface area contributed by atoms with Gasteiger partial charge in [-0.25, -0.2) is 4.99 Å². The maximum absolute atomic E-state index is 12.8. The summed E-state index contributed by atoms with van der Waals surface area (Å²) in [6.45, 7) is 1.97. The number of methoxy groups -OCH3 is 1. The fourth-order valence-electron chi connectivity index (χ4n) is 3.16. The van der Waals surface area contributed by atoms with E-state index in [4.69, 9.17) is 8.92 Å². The number of nitro benzene ring substituents is 1. The van der Waals surface area contributed by atoms with Gasteiger partial charge in [-0.1, -0.05) is 17.7 Å². The number of amidine groups is 1. The van der Waals surface area contributed by atoms with Crippen molar-refractivity contribution in [3.05, 3.63) is 90.4 Å². The Bertz CT molecular complexity index is 1550. The molecule has 37 heavy (non-hydrogen) atoms. The fraction of sp³-hybridized carbons (Fsp3) is 0.0833. The smallest absolute Gasteiger partial charge is 0.339 e. The second-order valence-corrected chi connectivity index (χ2v) is 11.4. The highest BCUT2D eigenvalue weighted by Gasteiger charge is 2.26. The van der Waals surface area contributed by atoms with E-state index in [9.17, 15) is 23.3 Å². The molecule has 0 aliphatic carbocycles. The van der Waals surface area contributed by atoms with Gasteiger partial charge in [0.15, 0.2) is 16.7 Å². The van der Waals surface area contributed by atoms with Crippen LogP contribution in [0.1, 0.15) is 11.1 Å². The Balaban J connectivity index is 1.58. The monoisotopic (exact) mass is 651 g/mol. The van der Waals surface area contributed by atoms with Gasteiger partial charge in [0.25, 0.3) is 11.6 Å². The number of ether oxygens (including phenoxy) is 1. The first kappa shape index (κ1) is 26.6. The van der Waals surface area contributed by atoms with Gasteiger partial charge >= 0.3 is 10.1 Å². The van der Waals surface area contributed by atoms with Crippen LogP contribution in [0, 0.1) is 20.6 Å². The van der Waals surface area contributed by atoms with E-state index in [1.807, 2.05) is 53.8 Å². The van der Waals surface area contributed by atoms with E-state index in [1.54, 1.807) is 18.2 Å². The summed E-state index contributed by atoms with van der Waals surface area (Å²) in [4.78, 5) is 27.3. The molecule has 190 valence electrons. The number of hydrogen-bond acceptors (Lipinski definition) is 9. The Morgan fingerprint density at radius 3 is 2.41 bits per heavy atom. The Morgan fingerprint density at radius 2 is 1.78 bits per heavy atom. The highest BCUT2D eigenvalue weighted by Crippen LogP contribution is 2.38. The summed E-state index contributed by atoms with van der Waals surface area (Å²) in [7, 11) is -2.94. The highest BCUT2D eigenvalue weighted by atomic mass is 127. The number of aliphatic imine (C=N–C) groups is 1. The Morgan fingerprint density at radius 1 is 1.11 bits per heavy atom. The van der Waals surface area contributed by atoms with Crippen LogP contribution in [0.2, 0.25) is 0 Å². The van der Waals surface area contributed by atoms with Crippen LogP contribution in [-0.2, 0) is 14.9 Å². The van der Waals surface area contributed by atoms with Crippen molar-refractivity contribution in [2.45, 2.75) is 11.8 Å². The van der Waals surface area contributed by atoms with Gasteiger partial charge in [0, 0.05) is 12.1 Å². The maximum Gasteiger partial charge on any atom is 0.339 e. The van der Waals surface area contributed by atoms with E-state index in [0.717, 1.165) is 29.8 Å². The number of rotatable bonds is 7. The molecule has 0 aromatic heterocycles. The minimum absolute atomic E-state index is 0.0475. The van der Waals surface area contributed by atoms with E-state index in [0.29, 0.717) is 24.9 Å². The van der Waals surface area contributed by atoms with Crippen molar-refractivity contribution >= 4 is 73.0 Å². The van der Waals surface area contributed by atoms with Gasteiger partial charge in [-0.15, -0.1) is 0 Å². The Hall–Kier alpha value is -3.43. The summed E-state index contributed by atoms with van der Waals surface area (Å²) in [5.41, 5.74) is 2.14. The van der Waals surface area contributed by atoms with E-state index in [1.165, 1.54) is 18.9 Å². The van der Waals surface area contributed by atoms with Crippen molar-refractivity contribution in [1.29, 1.82) is 0 Å². The van der Waals surface area contributed by atoms with Crippen LogP contribution in [0.15, 0.2) is 75.5 Å². The first-order valence-corrected chi connectivity index (χ1v) is 13.8. The Labute approximate surface area is 230 Å². The highest BCUT2D eigenvalue weighted by molar-refractivity contribution is 14.1. The molecule has 1 aliphatic rings. The summed E-state index contributed by atoms with van der Waals surface area (Å²) in [6.07, 6.45) is 1.64. The number of aryl methyl sites for hydroxylation is 1. The zero-order chi connectivity index (χ0) is 26.7. The molecule has 4 rings (SSSR count). The summed E-state index contributed by atoms with van der Waals surface area (Å²) < 4.78 is 36.7. The van der Waals surface area contributed by atoms with Gasteiger partial charge in [0.05, 0.1) is 26.2 Å². The van der Waals surface area contributed by atoms with Gasteiger partial charge < -0.3 is 14.2 Å². The van der Waals surface area contributed by atoms with Crippen LogP contribution in [0.3, 0.4) is 0 Å². The third kappa shape index (κ3) is 6.29. The van der Waals surface area contributed by atoms with E-state index in [-0.39, 0.29) is 28.0 Å². The van der Waals surface area contributed by atoms with Gasteiger partial charge in [0.1, 0.15) is 4.90 Å². The van der Waals surface area contributed by atoms with Crippen molar-refractivity contribution in [3.8, 4) is 11.5 Å². The quantitative estimate of drug-likeness (QED) is 0.121. The summed E-state index contributed by atoms with van der Waals surface area (Å²) in [5.74, 6) is -0.235. The van der Waals surface area contributed by atoms with Crippen molar-refractivity contribution in [3.63, 3.8) is 0 Å². The molecule has 0 saturated carbocycles. The Kier molecular flexibility index (Phi) is 7.85. The van der Waals surface area contributed by atoms with E-state index < -0.39 is 15.0 Å². The molecule has 1 saturated heterocycles. The predicted octanol–water partition coefficient (Wildman–Crippen LogP) is 5.18. The van der Waals surface area contributed by atoms with E-state index in [2.05, 4.69) is 10.3 Å². The molecule has 1 amide bonds. The number of thioether (sulfide) groups is 1. The lowest BCUT2D eigenvalue weighted by Gasteiger charge is -2.13. The van der Waals surface area contributed by atoms with Gasteiger partial charge in [0.2, 0.25) is 0 Å². The molecule has 1 N–H and O–H groups in total. The summed E-state index contributed by atoms with van der Waals surface area (Å²) >= 11 is 3.08. The summed E-state index contributed by atoms with van der Waals surface area (Å²) in [5, 5.41) is 14.0. The summed E-state index contributed by atoms with van der Waals surface area (Å²) in [6, 6.07) is 15.1. The third-order valence-electron chi connectivity index (χ3n) is 4.99. The molecule has 0 bridgehead atoms. The second kappa shape index (κ2) is 10.9. The van der Waals surface area contributed by atoms with Crippen LogP contribution in [0.5, 0.6) is 11.5 Å². The molecular weight excluding hydrogens is 633 g/mol. The molecule has 3 aromatic rings. The molecule has 0 spiro atoms. The van der Waals surface area contributed by atoms with Crippen molar-refractivity contribution in [2.75, 3.05) is 7.11 Å². The zero-order valence-corrected chi connectivity index (χ0v) is 23.1. The molecule has 3 aromatic carbocycles. The van der Waals surface area contributed by atoms with E-state index >= 15 is 0 Å². The molecule has 1 fully saturated rings. The van der Waals surface area contributed by atoms with Crippen molar-refractivity contribution in [2.24, 2.45) is 4.99 Å². The molecule has 0 unspecified atom stereocenters. The zero-order valence-electron chi connectivity index (χ0n) is 19.3. The second-order valence-electron chi connectivity index (χ2n) is 7.64. The number of nitrogens with zero attached hydrogens (tertiary/aromatic N) is 2. The van der Waals surface area contributed by atoms with Crippen LogP contribution in [-0.4, -0.2) is 31.5 Å². The number of nitrogens with one attached hydrogen (secondary N) is 1. The van der Waals surface area contributed by atoms with Gasteiger partial charge in [-0.2, -0.15) is 8.42 Å². The number of nitro groups is 1. The standard InChI is InChI=1S/C24H18IN3O7S2/c1-14-3-5-16(6-4-14)26-24-27-23(29)21(36-24)13-15-11-19(25)22(20(12-15)34-2)35-37(32,33)18-9-7-17(8-10-18)28(30)31/h3-13H,1-2H3,(H,26,27,29)/b21-13-. The van der Waals surface area contributed by atoms with Crippen LogP contribution >= 0.6 is 34.4 Å². The molecule has 1 aliphatic heterocycles. The number of carbonyl (C=O) groups is 1. The number of non-ortho nitro benzene ring substituents is 1. The first-order chi connectivity index (χ1) is 17.6. The van der Waals surface area contributed by atoms with Gasteiger partial charge in [-0.05, 0) is 89.3 Å². The first-order valence-electron chi connectivity index (χ1n) is 10.5. The molecular formula is C24H18IN3O7S2. The average molecular weight is 651 g/mol. The number of benzene rings is 3. The maximum atomic E-state index is 12.8. The molecule has 10 nitrogen and oxygen atoms in total. The fourth-order valence-corrected chi connectivity index (χ4v) is 5.85. The molecule has 13 heteroatoms. The van der Waals surface area contributed by atoms with Crippen LogP contribution in [0.25, 0.3) is 6.08 Å². The predicted molar refractivity (Wildman–Crippen MR) is 149 cm³/mol. The lowest BCUT2D eigenvalue weighted by atomic mass is 10.2. The molecule has 0 atom stereocenters.